The number of aryl methyl sites for hydroxylation is 1. The summed E-state index contributed by atoms with van der Waals surface area (Å²) >= 11 is 0. The molecule has 1 aliphatic rings. The molecule has 1 saturated heterocycles. The Hall–Kier alpha value is -3.15. The molecule has 3 rings (SSSR count). The standard InChI is InChI=1S/C23H26N2O4/c1-5-16(3)24(22(27)17-8-6-7-15(2)13-17)20-14-21(26)25(23(20)28)18-9-11-19(29-4)12-10-18/h6-13,16,20H,5,14H2,1-4H3. The zero-order valence-electron chi connectivity index (χ0n) is 17.2. The Balaban J connectivity index is 1.93. The number of anilines is 1. The Labute approximate surface area is 171 Å². The first-order valence-electron chi connectivity index (χ1n) is 9.77. The van der Waals surface area contributed by atoms with Gasteiger partial charge in [-0.15, -0.1) is 0 Å². The first-order valence-corrected chi connectivity index (χ1v) is 9.77. The van der Waals surface area contributed by atoms with Crippen molar-refractivity contribution < 1.29 is 19.1 Å². The van der Waals surface area contributed by atoms with E-state index in [1.807, 2.05) is 32.9 Å². The molecule has 6 heteroatoms. The van der Waals surface area contributed by atoms with Gasteiger partial charge in [-0.25, -0.2) is 4.90 Å². The highest BCUT2D eigenvalue weighted by atomic mass is 16.5. The Morgan fingerprint density at radius 1 is 1.21 bits per heavy atom. The van der Waals surface area contributed by atoms with Gasteiger partial charge >= 0.3 is 0 Å². The monoisotopic (exact) mass is 394 g/mol. The molecule has 0 bridgehead atoms. The largest absolute Gasteiger partial charge is 0.497 e. The lowest BCUT2D eigenvalue weighted by molar-refractivity contribution is -0.122. The fourth-order valence-corrected chi connectivity index (χ4v) is 3.61. The van der Waals surface area contributed by atoms with Gasteiger partial charge in [0.25, 0.3) is 11.8 Å². The lowest BCUT2D eigenvalue weighted by Gasteiger charge is -2.33. The number of hydrogen-bond donors (Lipinski definition) is 0. The zero-order valence-corrected chi connectivity index (χ0v) is 17.2. The Morgan fingerprint density at radius 3 is 2.48 bits per heavy atom. The molecule has 152 valence electrons. The van der Waals surface area contributed by atoms with Crippen LogP contribution in [0.5, 0.6) is 5.75 Å². The van der Waals surface area contributed by atoms with E-state index in [9.17, 15) is 14.4 Å². The summed E-state index contributed by atoms with van der Waals surface area (Å²) in [5.41, 5.74) is 1.97. The Kier molecular flexibility index (Phi) is 6.01. The number of hydrogen-bond acceptors (Lipinski definition) is 4. The zero-order chi connectivity index (χ0) is 21.1. The molecule has 0 aromatic heterocycles. The predicted octanol–water partition coefficient (Wildman–Crippen LogP) is 3.58. The molecule has 1 aliphatic heterocycles. The maximum Gasteiger partial charge on any atom is 0.257 e. The summed E-state index contributed by atoms with van der Waals surface area (Å²) in [6.07, 6.45) is 0.658. The number of benzene rings is 2. The van der Waals surface area contributed by atoms with Crippen LogP contribution in [0.3, 0.4) is 0 Å². The Bertz CT molecular complexity index is 923. The topological polar surface area (TPSA) is 66.9 Å². The number of amides is 3. The maximum absolute atomic E-state index is 13.3. The van der Waals surface area contributed by atoms with Gasteiger partial charge in [-0.3, -0.25) is 14.4 Å². The molecule has 0 saturated carbocycles. The molecule has 2 aromatic rings. The van der Waals surface area contributed by atoms with Crippen LogP contribution in [0.15, 0.2) is 48.5 Å². The summed E-state index contributed by atoms with van der Waals surface area (Å²) in [6.45, 7) is 5.78. The number of carbonyl (C=O) groups is 3. The van der Waals surface area contributed by atoms with Gasteiger partial charge in [-0.1, -0.05) is 24.6 Å². The number of nitrogens with zero attached hydrogens (tertiary/aromatic N) is 2. The highest BCUT2D eigenvalue weighted by molar-refractivity contribution is 6.23. The van der Waals surface area contributed by atoms with Crippen LogP contribution < -0.4 is 9.64 Å². The smallest absolute Gasteiger partial charge is 0.257 e. The van der Waals surface area contributed by atoms with Crippen molar-refractivity contribution in [1.82, 2.24) is 4.90 Å². The SMILES string of the molecule is CCC(C)N(C(=O)c1cccc(C)c1)C1CC(=O)N(c2ccc(OC)cc2)C1=O. The van der Waals surface area contributed by atoms with Crippen molar-refractivity contribution in [1.29, 1.82) is 0 Å². The normalized spacial score (nSPS) is 17.4. The lowest BCUT2D eigenvalue weighted by Crippen LogP contribution is -2.49. The molecular formula is C23H26N2O4. The van der Waals surface area contributed by atoms with E-state index >= 15 is 0 Å². The average molecular weight is 394 g/mol. The van der Waals surface area contributed by atoms with Crippen LogP contribution in [0, 0.1) is 6.92 Å². The summed E-state index contributed by atoms with van der Waals surface area (Å²) < 4.78 is 5.14. The van der Waals surface area contributed by atoms with Gasteiger partial charge in [0, 0.05) is 11.6 Å². The molecule has 1 heterocycles. The number of carbonyl (C=O) groups excluding carboxylic acids is 3. The summed E-state index contributed by atoms with van der Waals surface area (Å²) in [5, 5.41) is 0. The van der Waals surface area contributed by atoms with Gasteiger partial charge in [0.1, 0.15) is 11.8 Å². The molecule has 0 aliphatic carbocycles. The molecule has 1 fully saturated rings. The van der Waals surface area contributed by atoms with Gasteiger partial charge in [0.05, 0.1) is 19.2 Å². The van der Waals surface area contributed by atoms with Crippen LogP contribution >= 0.6 is 0 Å². The minimum Gasteiger partial charge on any atom is -0.497 e. The lowest BCUT2D eigenvalue weighted by atomic mass is 10.0. The van der Waals surface area contributed by atoms with E-state index in [1.165, 1.54) is 4.90 Å². The van der Waals surface area contributed by atoms with E-state index in [0.717, 1.165) is 5.56 Å². The third kappa shape index (κ3) is 4.01. The fourth-order valence-electron chi connectivity index (χ4n) is 3.61. The molecule has 2 unspecified atom stereocenters. The van der Waals surface area contributed by atoms with Gasteiger partial charge in [0.15, 0.2) is 0 Å². The molecule has 2 aromatic carbocycles. The molecule has 0 radical (unpaired) electrons. The molecular weight excluding hydrogens is 368 g/mol. The first kappa shape index (κ1) is 20.6. The summed E-state index contributed by atoms with van der Waals surface area (Å²) in [6, 6.07) is 13.0. The molecule has 29 heavy (non-hydrogen) atoms. The molecule has 6 nitrogen and oxygen atoms in total. The van der Waals surface area contributed by atoms with E-state index in [1.54, 1.807) is 48.4 Å². The fraction of sp³-hybridized carbons (Fsp3) is 0.348. The van der Waals surface area contributed by atoms with Crippen molar-refractivity contribution in [2.75, 3.05) is 12.0 Å². The van der Waals surface area contributed by atoms with Crippen LogP contribution in [0.1, 0.15) is 42.6 Å². The van der Waals surface area contributed by atoms with E-state index in [4.69, 9.17) is 4.74 Å². The van der Waals surface area contributed by atoms with Crippen molar-refractivity contribution >= 4 is 23.4 Å². The third-order valence-corrected chi connectivity index (χ3v) is 5.35. The van der Waals surface area contributed by atoms with Crippen LogP contribution in [-0.4, -0.2) is 41.8 Å². The van der Waals surface area contributed by atoms with Crippen LogP contribution in [0.2, 0.25) is 0 Å². The molecule has 0 N–H and O–H groups in total. The predicted molar refractivity (Wildman–Crippen MR) is 111 cm³/mol. The Morgan fingerprint density at radius 2 is 1.90 bits per heavy atom. The van der Waals surface area contributed by atoms with Crippen LogP contribution in [-0.2, 0) is 9.59 Å². The highest BCUT2D eigenvalue weighted by Gasteiger charge is 2.45. The average Bonchev–Trinajstić information content (AvgIpc) is 3.01. The minimum atomic E-state index is -0.812. The van der Waals surface area contributed by atoms with Gasteiger partial charge in [0.2, 0.25) is 5.91 Å². The van der Waals surface area contributed by atoms with Crippen molar-refractivity contribution in [3.63, 3.8) is 0 Å². The summed E-state index contributed by atoms with van der Waals surface area (Å²) in [4.78, 5) is 42.0. The second-order valence-electron chi connectivity index (χ2n) is 7.32. The van der Waals surface area contributed by atoms with Gasteiger partial charge in [-0.2, -0.15) is 0 Å². The van der Waals surface area contributed by atoms with Crippen molar-refractivity contribution in [2.45, 2.75) is 45.7 Å². The van der Waals surface area contributed by atoms with Crippen molar-refractivity contribution in [3.05, 3.63) is 59.7 Å². The second kappa shape index (κ2) is 8.47. The van der Waals surface area contributed by atoms with E-state index in [-0.39, 0.29) is 30.2 Å². The minimum absolute atomic E-state index is 0.0211. The van der Waals surface area contributed by atoms with Crippen molar-refractivity contribution in [2.24, 2.45) is 0 Å². The summed E-state index contributed by atoms with van der Waals surface area (Å²) in [7, 11) is 1.55. The van der Waals surface area contributed by atoms with Gasteiger partial charge < -0.3 is 9.64 Å². The first-order chi connectivity index (χ1) is 13.9. The van der Waals surface area contributed by atoms with Crippen LogP contribution in [0.4, 0.5) is 5.69 Å². The number of methoxy groups -OCH3 is 1. The number of rotatable bonds is 6. The number of imide groups is 1. The van der Waals surface area contributed by atoms with E-state index in [2.05, 4.69) is 0 Å². The van der Waals surface area contributed by atoms with E-state index < -0.39 is 6.04 Å². The molecule has 3 amide bonds. The molecule has 0 spiro atoms. The van der Waals surface area contributed by atoms with Gasteiger partial charge in [-0.05, 0) is 56.7 Å². The molecule has 2 atom stereocenters. The number of ether oxygens (including phenoxy) is 1. The second-order valence-corrected chi connectivity index (χ2v) is 7.32. The van der Waals surface area contributed by atoms with E-state index in [0.29, 0.717) is 23.4 Å². The van der Waals surface area contributed by atoms with Crippen molar-refractivity contribution in [3.8, 4) is 5.75 Å². The quantitative estimate of drug-likeness (QED) is 0.703. The maximum atomic E-state index is 13.3. The summed E-state index contributed by atoms with van der Waals surface area (Å²) in [5.74, 6) is -0.275. The third-order valence-electron chi connectivity index (χ3n) is 5.35. The highest BCUT2D eigenvalue weighted by Crippen LogP contribution is 2.29. The van der Waals surface area contributed by atoms with Crippen LogP contribution in [0.25, 0.3) is 0 Å².